The summed E-state index contributed by atoms with van der Waals surface area (Å²) in [7, 11) is 0. The highest BCUT2D eigenvalue weighted by molar-refractivity contribution is 4.74. The first-order valence-corrected chi connectivity index (χ1v) is 5.79. The van der Waals surface area contributed by atoms with E-state index in [4.69, 9.17) is 0 Å². The van der Waals surface area contributed by atoms with Gasteiger partial charge in [0, 0.05) is 0 Å². The van der Waals surface area contributed by atoms with Gasteiger partial charge in [-0.1, -0.05) is 61.0 Å². The van der Waals surface area contributed by atoms with Gasteiger partial charge in [-0.2, -0.15) is 0 Å². The van der Waals surface area contributed by atoms with Gasteiger partial charge in [0.15, 0.2) is 0 Å². The van der Waals surface area contributed by atoms with Crippen molar-refractivity contribution < 1.29 is 0 Å². The second-order valence-electron chi connectivity index (χ2n) is 3.18. The molecule has 0 heterocycles. The predicted octanol–water partition coefficient (Wildman–Crippen LogP) is 5.30. The van der Waals surface area contributed by atoms with Gasteiger partial charge in [0.2, 0.25) is 0 Å². The topological polar surface area (TPSA) is 0 Å². The van der Waals surface area contributed by atoms with Gasteiger partial charge < -0.3 is 0 Å². The lowest BCUT2D eigenvalue weighted by atomic mass is 10.00. The maximum atomic E-state index is 3.74. The van der Waals surface area contributed by atoms with Crippen molar-refractivity contribution >= 4 is 0 Å². The van der Waals surface area contributed by atoms with Crippen LogP contribution in [0.5, 0.6) is 0 Å². The lowest BCUT2D eigenvalue weighted by Crippen LogP contribution is -1.93. The standard InChI is InChI=1S/C9H18.2C2H6/c1-5-9(4)7-6-8(2)3;2*1-2/h5,8-9H,1,6-7H2,2-4H3;2*1-2H3. The third-order valence-corrected chi connectivity index (χ3v) is 1.60. The molecular weight excluding hydrogens is 156 g/mol. The number of hydrogen-bond donors (Lipinski definition) is 0. The van der Waals surface area contributed by atoms with Crippen molar-refractivity contribution in [1.82, 2.24) is 0 Å². The number of allylic oxidation sites excluding steroid dienone is 1. The molecule has 0 fully saturated rings. The summed E-state index contributed by atoms with van der Waals surface area (Å²) in [6, 6.07) is 0. The van der Waals surface area contributed by atoms with Crippen LogP contribution in [0.3, 0.4) is 0 Å². The highest BCUT2D eigenvalue weighted by atomic mass is 14.0. The molecule has 0 saturated heterocycles. The first-order valence-electron chi connectivity index (χ1n) is 5.79. The van der Waals surface area contributed by atoms with Gasteiger partial charge in [0.05, 0.1) is 0 Å². The molecule has 0 aromatic carbocycles. The summed E-state index contributed by atoms with van der Waals surface area (Å²) in [5, 5.41) is 0. The SMILES string of the molecule is C=CC(C)CCC(C)C.CC.CC. The molecule has 0 bridgehead atoms. The van der Waals surface area contributed by atoms with Crippen LogP contribution < -0.4 is 0 Å². The van der Waals surface area contributed by atoms with E-state index in [1.54, 1.807) is 0 Å². The average Bonchev–Trinajstić information content (AvgIpc) is 2.20. The molecule has 0 aromatic heterocycles. The number of rotatable bonds is 4. The molecule has 0 radical (unpaired) electrons. The maximum Gasteiger partial charge on any atom is -0.0265 e. The van der Waals surface area contributed by atoms with Crippen LogP contribution >= 0.6 is 0 Å². The molecule has 0 amide bonds. The predicted molar refractivity (Wildman–Crippen MR) is 66.1 cm³/mol. The molecule has 0 nitrogen and oxygen atoms in total. The molecule has 0 aliphatic rings. The molecule has 0 aliphatic carbocycles. The van der Waals surface area contributed by atoms with Crippen molar-refractivity contribution in [3.8, 4) is 0 Å². The Kier molecular flexibility index (Phi) is 25.2. The molecule has 82 valence electrons. The van der Waals surface area contributed by atoms with E-state index in [9.17, 15) is 0 Å². The Morgan fingerprint density at radius 3 is 1.54 bits per heavy atom. The fraction of sp³-hybridized carbons (Fsp3) is 0.846. The summed E-state index contributed by atoms with van der Waals surface area (Å²) in [6.07, 6.45) is 4.65. The zero-order chi connectivity index (χ0) is 11.3. The quantitative estimate of drug-likeness (QED) is 0.523. The minimum absolute atomic E-state index is 0.701. The minimum atomic E-state index is 0.701. The van der Waals surface area contributed by atoms with Crippen LogP contribution in [-0.4, -0.2) is 0 Å². The first kappa shape index (κ1) is 18.5. The highest BCUT2D eigenvalue weighted by Gasteiger charge is 1.97. The number of hydrogen-bond acceptors (Lipinski definition) is 0. The minimum Gasteiger partial charge on any atom is -0.103 e. The van der Waals surface area contributed by atoms with Crippen LogP contribution in [0, 0.1) is 11.8 Å². The Bertz CT molecular complexity index is 72.1. The maximum absolute atomic E-state index is 3.74. The molecule has 1 atom stereocenters. The molecule has 0 aliphatic heterocycles. The summed E-state index contributed by atoms with van der Waals surface area (Å²) in [4.78, 5) is 0. The van der Waals surface area contributed by atoms with Gasteiger partial charge in [0.25, 0.3) is 0 Å². The first-order chi connectivity index (χ1) is 6.16. The van der Waals surface area contributed by atoms with Crippen LogP contribution in [0.2, 0.25) is 0 Å². The highest BCUT2D eigenvalue weighted by Crippen LogP contribution is 2.11. The van der Waals surface area contributed by atoms with Crippen molar-refractivity contribution in [3.05, 3.63) is 12.7 Å². The third kappa shape index (κ3) is 24.5. The molecule has 13 heavy (non-hydrogen) atoms. The second-order valence-corrected chi connectivity index (χ2v) is 3.18. The molecule has 0 spiro atoms. The van der Waals surface area contributed by atoms with E-state index in [2.05, 4.69) is 27.4 Å². The lowest BCUT2D eigenvalue weighted by Gasteiger charge is -2.06. The van der Waals surface area contributed by atoms with E-state index in [-0.39, 0.29) is 0 Å². The van der Waals surface area contributed by atoms with Crippen LogP contribution in [0.1, 0.15) is 61.3 Å². The molecule has 0 N–H and O–H groups in total. The Morgan fingerprint density at radius 1 is 0.923 bits per heavy atom. The third-order valence-electron chi connectivity index (χ3n) is 1.60. The summed E-state index contributed by atoms with van der Waals surface area (Å²) < 4.78 is 0. The van der Waals surface area contributed by atoms with Crippen LogP contribution in [0.25, 0.3) is 0 Å². The van der Waals surface area contributed by atoms with Crippen LogP contribution in [0.4, 0.5) is 0 Å². The van der Waals surface area contributed by atoms with E-state index in [1.807, 2.05) is 33.8 Å². The lowest BCUT2D eigenvalue weighted by molar-refractivity contribution is 0.502. The second kappa shape index (κ2) is 17.7. The molecule has 0 aromatic rings. The zero-order valence-corrected chi connectivity index (χ0v) is 10.9. The van der Waals surface area contributed by atoms with Crippen molar-refractivity contribution in [2.45, 2.75) is 61.3 Å². The monoisotopic (exact) mass is 186 g/mol. The molecule has 0 rings (SSSR count). The van der Waals surface area contributed by atoms with Gasteiger partial charge in [-0.15, -0.1) is 6.58 Å². The van der Waals surface area contributed by atoms with E-state index in [0.29, 0.717) is 5.92 Å². The van der Waals surface area contributed by atoms with E-state index in [1.165, 1.54) is 12.8 Å². The van der Waals surface area contributed by atoms with Crippen LogP contribution in [-0.2, 0) is 0 Å². The summed E-state index contributed by atoms with van der Waals surface area (Å²) in [6.45, 7) is 18.5. The van der Waals surface area contributed by atoms with Crippen molar-refractivity contribution in [3.63, 3.8) is 0 Å². The van der Waals surface area contributed by atoms with Gasteiger partial charge in [-0.25, -0.2) is 0 Å². The fourth-order valence-corrected chi connectivity index (χ4v) is 0.714. The molecule has 1 unspecified atom stereocenters. The van der Waals surface area contributed by atoms with Crippen molar-refractivity contribution in [2.24, 2.45) is 11.8 Å². The van der Waals surface area contributed by atoms with Gasteiger partial charge in [0.1, 0.15) is 0 Å². The molecular formula is C13H30. The van der Waals surface area contributed by atoms with Crippen molar-refractivity contribution in [1.29, 1.82) is 0 Å². The largest absolute Gasteiger partial charge is 0.103 e. The van der Waals surface area contributed by atoms with E-state index in [0.717, 1.165) is 5.92 Å². The normalized spacial score (nSPS) is 10.5. The smallest absolute Gasteiger partial charge is 0.0265 e. The molecule has 0 saturated carbocycles. The Hall–Kier alpha value is -0.260. The van der Waals surface area contributed by atoms with Gasteiger partial charge in [-0.05, 0) is 18.3 Å². The molecule has 0 heteroatoms. The van der Waals surface area contributed by atoms with Gasteiger partial charge in [-0.3, -0.25) is 0 Å². The van der Waals surface area contributed by atoms with E-state index >= 15 is 0 Å². The fourth-order valence-electron chi connectivity index (χ4n) is 0.714. The summed E-state index contributed by atoms with van der Waals surface area (Å²) >= 11 is 0. The Labute approximate surface area is 86.4 Å². The Balaban J connectivity index is -0.000000218. The van der Waals surface area contributed by atoms with Crippen LogP contribution in [0.15, 0.2) is 12.7 Å². The Morgan fingerprint density at radius 2 is 1.31 bits per heavy atom. The zero-order valence-electron chi connectivity index (χ0n) is 10.9. The average molecular weight is 186 g/mol. The van der Waals surface area contributed by atoms with E-state index < -0.39 is 0 Å². The summed E-state index contributed by atoms with van der Waals surface area (Å²) in [5.41, 5.74) is 0. The van der Waals surface area contributed by atoms with Crippen molar-refractivity contribution in [2.75, 3.05) is 0 Å². The summed E-state index contributed by atoms with van der Waals surface area (Å²) in [5.74, 6) is 1.54. The van der Waals surface area contributed by atoms with Gasteiger partial charge >= 0.3 is 0 Å².